The van der Waals surface area contributed by atoms with Crippen LogP contribution in [0.2, 0.25) is 0 Å². The van der Waals surface area contributed by atoms with Crippen molar-refractivity contribution in [3.8, 4) is 0 Å². The second-order valence-electron chi connectivity index (χ2n) is 6.60. The minimum absolute atomic E-state index is 0.338. The lowest BCUT2D eigenvalue weighted by Gasteiger charge is -2.09. The zero-order valence-corrected chi connectivity index (χ0v) is 19.2. The van der Waals surface area contributed by atoms with Crippen molar-refractivity contribution >= 4 is 66.2 Å². The first-order valence-electron chi connectivity index (χ1n) is 9.58. The number of benzene rings is 1. The maximum atomic E-state index is 10.2. The van der Waals surface area contributed by atoms with E-state index in [1.54, 1.807) is 12.4 Å². The van der Waals surface area contributed by atoms with E-state index < -0.39 is 5.97 Å². The number of nitrogens with zero attached hydrogens (tertiary/aromatic N) is 3. The van der Waals surface area contributed by atoms with Gasteiger partial charge in [-0.15, -0.1) is 0 Å². The molecule has 1 aromatic heterocycles. The maximum absolute atomic E-state index is 10.2. The van der Waals surface area contributed by atoms with Gasteiger partial charge in [0.25, 0.3) is 0 Å². The second kappa shape index (κ2) is 11.6. The summed E-state index contributed by atoms with van der Waals surface area (Å²) < 4.78 is 0.902. The Morgan fingerprint density at radius 3 is 2.90 bits per heavy atom. The Hall–Kier alpha value is -1.52. The third-order valence-corrected chi connectivity index (χ3v) is 8.21. The third kappa shape index (κ3) is 7.04. The number of anilines is 1. The lowest BCUT2D eigenvalue weighted by atomic mass is 10.1. The highest BCUT2D eigenvalue weighted by atomic mass is 79.9. The number of unbranched alkanes of at least 4 members (excludes halogenated alkanes) is 1. The predicted octanol–water partition coefficient (Wildman–Crippen LogP) is 4.55. The van der Waals surface area contributed by atoms with E-state index >= 15 is 0 Å². The van der Waals surface area contributed by atoms with Crippen LogP contribution in [0.25, 0.3) is 11.0 Å². The highest BCUT2D eigenvalue weighted by Gasteiger charge is 2.15. The van der Waals surface area contributed by atoms with Crippen LogP contribution in [0.15, 0.2) is 34.0 Å². The number of hydrogen-bond donors (Lipinski definition) is 3. The fourth-order valence-corrected chi connectivity index (χ4v) is 6.49. The summed E-state index contributed by atoms with van der Waals surface area (Å²) in [5.74, 6) is 1.41. The number of rotatable bonds is 6. The molecule has 156 valence electrons. The van der Waals surface area contributed by atoms with Crippen molar-refractivity contribution in [3.63, 3.8) is 0 Å². The molecule has 0 radical (unpaired) electrons. The Morgan fingerprint density at radius 1 is 1.31 bits per heavy atom. The van der Waals surface area contributed by atoms with Crippen LogP contribution in [0.1, 0.15) is 32.1 Å². The lowest BCUT2D eigenvalue weighted by Crippen LogP contribution is -2.26. The van der Waals surface area contributed by atoms with Crippen LogP contribution in [0.5, 0.6) is 0 Å². The number of nitrogens with one attached hydrogen (secondary N) is 2. The molecule has 3 N–H and O–H groups in total. The molecule has 1 aromatic carbocycles. The molecule has 29 heavy (non-hydrogen) atoms. The fraction of sp³-hybridized carbons (Fsp3) is 0.474. The summed E-state index contributed by atoms with van der Waals surface area (Å²) in [5.41, 5.74) is 2.65. The molecular weight excluding hydrogens is 474 g/mol. The van der Waals surface area contributed by atoms with Crippen LogP contribution >= 0.6 is 37.5 Å². The SMILES string of the molecule is Brc1c(NC2=NCCN2)ccc2nccnc12.O=C(O)CCCCC1CCSS1. The van der Waals surface area contributed by atoms with Crippen molar-refractivity contribution in [2.45, 2.75) is 37.4 Å². The van der Waals surface area contributed by atoms with Crippen molar-refractivity contribution in [2.75, 3.05) is 24.2 Å². The van der Waals surface area contributed by atoms with Crippen molar-refractivity contribution in [1.82, 2.24) is 15.3 Å². The largest absolute Gasteiger partial charge is 0.481 e. The Bertz CT molecular complexity index is 862. The molecule has 4 rings (SSSR count). The van der Waals surface area contributed by atoms with E-state index in [1.807, 2.05) is 33.7 Å². The molecular formula is C19H24BrN5O2S2. The zero-order chi connectivity index (χ0) is 20.5. The number of guanidine groups is 1. The van der Waals surface area contributed by atoms with E-state index in [4.69, 9.17) is 5.11 Å². The van der Waals surface area contributed by atoms with Crippen LogP contribution in [-0.2, 0) is 4.79 Å². The predicted molar refractivity (Wildman–Crippen MR) is 126 cm³/mol. The average molecular weight is 498 g/mol. The molecule has 2 aliphatic heterocycles. The highest BCUT2D eigenvalue weighted by Crippen LogP contribution is 2.39. The first-order chi connectivity index (χ1) is 14.1. The average Bonchev–Trinajstić information content (AvgIpc) is 3.42. The van der Waals surface area contributed by atoms with Crippen molar-refractivity contribution in [2.24, 2.45) is 4.99 Å². The number of aliphatic carboxylic acids is 1. The van der Waals surface area contributed by atoms with Crippen LogP contribution < -0.4 is 10.6 Å². The van der Waals surface area contributed by atoms with E-state index in [1.165, 1.54) is 18.6 Å². The summed E-state index contributed by atoms with van der Waals surface area (Å²) >= 11 is 3.54. The fourth-order valence-electron chi connectivity index (χ4n) is 2.92. The molecule has 3 heterocycles. The number of carbonyl (C=O) groups is 1. The Balaban J connectivity index is 0.000000177. The van der Waals surface area contributed by atoms with Crippen LogP contribution in [0.4, 0.5) is 5.69 Å². The molecule has 1 fully saturated rings. The van der Waals surface area contributed by atoms with E-state index in [0.29, 0.717) is 6.42 Å². The van der Waals surface area contributed by atoms with Gasteiger partial charge in [-0.1, -0.05) is 28.0 Å². The van der Waals surface area contributed by atoms with E-state index in [9.17, 15) is 4.79 Å². The Kier molecular flexibility index (Phi) is 8.88. The number of halogens is 1. The molecule has 0 saturated carbocycles. The molecule has 1 unspecified atom stereocenters. The molecule has 10 heteroatoms. The standard InChI is InChI=1S/C11H10BrN5.C8H14O2S2/c12-9-7(17-11-15-5-6-16-11)1-2-8-10(9)14-4-3-13-8;9-8(10)4-2-1-3-7-5-6-11-12-7/h1-4H,5-6H2,(H2,15,16,17);7H,1-6H2,(H,9,10). The van der Waals surface area contributed by atoms with Crippen LogP contribution in [0, 0.1) is 0 Å². The van der Waals surface area contributed by atoms with Crippen molar-refractivity contribution in [1.29, 1.82) is 0 Å². The van der Waals surface area contributed by atoms with E-state index in [-0.39, 0.29) is 0 Å². The quantitative estimate of drug-likeness (QED) is 0.394. The molecule has 1 atom stereocenters. The second-order valence-corrected chi connectivity index (χ2v) is 10.2. The number of aliphatic imine (C=N–C) groups is 1. The molecule has 7 nitrogen and oxygen atoms in total. The molecule has 0 amide bonds. The van der Waals surface area contributed by atoms with Gasteiger partial charge in [-0.2, -0.15) is 0 Å². The molecule has 0 spiro atoms. The lowest BCUT2D eigenvalue weighted by molar-refractivity contribution is -0.137. The van der Waals surface area contributed by atoms with Gasteiger partial charge in [0, 0.05) is 36.4 Å². The van der Waals surface area contributed by atoms with Gasteiger partial charge >= 0.3 is 5.97 Å². The van der Waals surface area contributed by atoms with Crippen molar-refractivity contribution < 1.29 is 9.90 Å². The smallest absolute Gasteiger partial charge is 0.303 e. The normalized spacial score (nSPS) is 18.0. The summed E-state index contributed by atoms with van der Waals surface area (Å²) in [6.07, 6.45) is 8.13. The summed E-state index contributed by atoms with van der Waals surface area (Å²) in [5, 5.41) is 15.6. The Labute approximate surface area is 186 Å². The minimum atomic E-state index is -0.663. The molecule has 0 aliphatic carbocycles. The summed E-state index contributed by atoms with van der Waals surface area (Å²) in [4.78, 5) is 23.0. The summed E-state index contributed by atoms with van der Waals surface area (Å²) in [6, 6.07) is 3.90. The van der Waals surface area contributed by atoms with Gasteiger partial charge in [0.05, 0.1) is 22.2 Å². The summed E-state index contributed by atoms with van der Waals surface area (Å²) in [7, 11) is 3.92. The van der Waals surface area contributed by atoms with Gasteiger partial charge in [-0.25, -0.2) is 0 Å². The van der Waals surface area contributed by atoms with Gasteiger partial charge in [-0.3, -0.25) is 19.8 Å². The third-order valence-electron chi connectivity index (χ3n) is 4.40. The van der Waals surface area contributed by atoms with E-state index in [2.05, 4.69) is 41.5 Å². The minimum Gasteiger partial charge on any atom is -0.481 e. The maximum Gasteiger partial charge on any atom is 0.303 e. The topological polar surface area (TPSA) is 99.5 Å². The number of fused-ring (bicyclic) bond motifs is 1. The first kappa shape index (κ1) is 22.2. The first-order valence-corrected chi connectivity index (χ1v) is 12.8. The van der Waals surface area contributed by atoms with Gasteiger partial charge in [0.1, 0.15) is 5.52 Å². The highest BCUT2D eigenvalue weighted by molar-refractivity contribution is 9.10. The number of carboxylic acid groups (broad SMARTS) is 1. The summed E-state index contributed by atoms with van der Waals surface area (Å²) in [6.45, 7) is 1.70. The number of carboxylic acids is 1. The molecule has 0 bridgehead atoms. The van der Waals surface area contributed by atoms with Gasteiger partial charge < -0.3 is 15.7 Å². The monoisotopic (exact) mass is 497 g/mol. The van der Waals surface area contributed by atoms with Gasteiger partial charge in [-0.05, 0) is 47.3 Å². The van der Waals surface area contributed by atoms with Gasteiger partial charge in [0.15, 0.2) is 5.96 Å². The van der Waals surface area contributed by atoms with Crippen molar-refractivity contribution in [3.05, 3.63) is 29.0 Å². The van der Waals surface area contributed by atoms with Crippen LogP contribution in [-0.4, -0.2) is 51.1 Å². The molecule has 1 saturated heterocycles. The zero-order valence-electron chi connectivity index (χ0n) is 15.9. The van der Waals surface area contributed by atoms with Gasteiger partial charge in [0.2, 0.25) is 0 Å². The molecule has 2 aromatic rings. The molecule has 2 aliphatic rings. The van der Waals surface area contributed by atoms with Crippen LogP contribution in [0.3, 0.4) is 0 Å². The Morgan fingerprint density at radius 2 is 2.17 bits per heavy atom. The number of aromatic nitrogens is 2. The van der Waals surface area contributed by atoms with E-state index in [0.717, 1.165) is 58.3 Å². The number of hydrogen-bond acceptors (Lipinski definition) is 8.